The van der Waals surface area contributed by atoms with Gasteiger partial charge in [-0.3, -0.25) is 0 Å². The first-order valence-corrected chi connectivity index (χ1v) is 10.0. The molecule has 1 saturated heterocycles. The Morgan fingerprint density at radius 2 is 1.78 bits per heavy atom. The molecule has 1 heterocycles. The molecule has 27 heavy (non-hydrogen) atoms. The van der Waals surface area contributed by atoms with Crippen LogP contribution in [0, 0.1) is 0 Å². The third-order valence-corrected chi connectivity index (χ3v) is 4.76. The van der Waals surface area contributed by atoms with Crippen LogP contribution in [0.2, 0.25) is 0 Å². The van der Waals surface area contributed by atoms with Gasteiger partial charge in [-0.1, -0.05) is 88.3 Å². The number of hydrogen-bond donors (Lipinski definition) is 1. The molecule has 2 atom stereocenters. The molecule has 2 rings (SSSR count). The fraction of sp³-hybridized carbons (Fsp3) is 0.522. The number of aromatic carboxylic acids is 1. The summed E-state index contributed by atoms with van der Waals surface area (Å²) in [6, 6.07) is 6.99. The first-order valence-electron chi connectivity index (χ1n) is 10.0. The normalized spacial score (nSPS) is 18.7. The number of allylic oxidation sites excluding steroid dienone is 3. The Kier molecular flexibility index (Phi) is 12.2. The van der Waals surface area contributed by atoms with Crippen molar-refractivity contribution in [3.63, 3.8) is 0 Å². The number of carboxylic acids is 1. The summed E-state index contributed by atoms with van der Waals surface area (Å²) >= 11 is 0. The molecular formula is C23H33LiO3. The number of unbranched alkanes of at least 4 members (excludes halogenated alkanes) is 8. The van der Waals surface area contributed by atoms with Crippen LogP contribution in [0.1, 0.15) is 86.7 Å². The molecule has 1 N–H and O–H groups in total. The Balaban J connectivity index is 0.00000364. The second-order valence-corrected chi connectivity index (χ2v) is 7.03. The number of carbonyl (C=O) groups is 1. The van der Waals surface area contributed by atoms with Gasteiger partial charge in [0.1, 0.15) is 12.2 Å². The number of carboxylic acid groups (broad SMARTS) is 1. The van der Waals surface area contributed by atoms with Crippen LogP contribution in [0.15, 0.2) is 48.6 Å². The van der Waals surface area contributed by atoms with E-state index in [0.29, 0.717) is 5.56 Å². The molecule has 0 saturated carbocycles. The second-order valence-electron chi connectivity index (χ2n) is 7.03. The van der Waals surface area contributed by atoms with Gasteiger partial charge in [0.25, 0.3) is 0 Å². The Morgan fingerprint density at radius 3 is 2.48 bits per heavy atom. The maximum absolute atomic E-state index is 11.0. The standard InChI is InChI=1S/C23H32O3.Li.H/c1-2-3-4-5-6-7-8-9-10-11-12-13-17-21-22(26-21)19-15-14-16-20(18-19)23(24)25;;/h11-18,21-22H,2-10H2,1H3,(H,24,25);;/b12-11+,17-13+;;. The van der Waals surface area contributed by atoms with Crippen molar-refractivity contribution in [2.45, 2.75) is 76.9 Å². The number of benzene rings is 1. The molecule has 1 aromatic carbocycles. The minimum absolute atomic E-state index is 0. The van der Waals surface area contributed by atoms with E-state index in [9.17, 15) is 4.79 Å². The molecule has 0 aromatic heterocycles. The second kappa shape index (κ2) is 13.8. The van der Waals surface area contributed by atoms with Gasteiger partial charge in [-0.2, -0.15) is 0 Å². The Morgan fingerprint density at radius 1 is 1.07 bits per heavy atom. The summed E-state index contributed by atoms with van der Waals surface area (Å²) in [6.45, 7) is 2.26. The number of rotatable bonds is 13. The molecule has 1 aliphatic heterocycles. The zero-order valence-corrected chi connectivity index (χ0v) is 15.9. The van der Waals surface area contributed by atoms with Gasteiger partial charge in [0.05, 0.1) is 5.56 Å². The van der Waals surface area contributed by atoms with E-state index in [1.165, 1.54) is 51.4 Å². The molecule has 1 fully saturated rings. The van der Waals surface area contributed by atoms with Gasteiger partial charge in [0, 0.05) is 0 Å². The van der Waals surface area contributed by atoms with Crippen molar-refractivity contribution in [3.8, 4) is 0 Å². The molecule has 3 nitrogen and oxygen atoms in total. The summed E-state index contributed by atoms with van der Waals surface area (Å²) in [5.74, 6) is -0.900. The first kappa shape index (κ1) is 23.8. The Hall–Kier alpha value is -1.27. The molecule has 144 valence electrons. The summed E-state index contributed by atoms with van der Waals surface area (Å²) < 4.78 is 5.62. The van der Waals surface area contributed by atoms with E-state index >= 15 is 0 Å². The van der Waals surface area contributed by atoms with Crippen LogP contribution in [0.25, 0.3) is 0 Å². The van der Waals surface area contributed by atoms with Gasteiger partial charge < -0.3 is 9.84 Å². The van der Waals surface area contributed by atoms with E-state index in [2.05, 4.69) is 19.1 Å². The van der Waals surface area contributed by atoms with Crippen molar-refractivity contribution >= 4 is 24.8 Å². The topological polar surface area (TPSA) is 49.8 Å². The Labute approximate surface area is 176 Å². The Bertz CT molecular complexity index is 609. The van der Waals surface area contributed by atoms with Gasteiger partial charge >= 0.3 is 24.8 Å². The molecule has 0 amide bonds. The van der Waals surface area contributed by atoms with E-state index in [-0.39, 0.29) is 31.1 Å². The number of ether oxygens (including phenoxy) is 1. The fourth-order valence-corrected chi connectivity index (χ4v) is 3.13. The molecule has 0 spiro atoms. The molecule has 0 aliphatic carbocycles. The van der Waals surface area contributed by atoms with E-state index in [1.54, 1.807) is 18.2 Å². The summed E-state index contributed by atoms with van der Waals surface area (Å²) in [4.78, 5) is 11.0. The first-order chi connectivity index (χ1) is 12.7. The van der Waals surface area contributed by atoms with Crippen molar-refractivity contribution in [1.29, 1.82) is 0 Å². The zero-order valence-electron chi connectivity index (χ0n) is 15.9. The number of hydrogen-bond acceptors (Lipinski definition) is 2. The van der Waals surface area contributed by atoms with Crippen LogP contribution in [-0.2, 0) is 4.74 Å². The van der Waals surface area contributed by atoms with E-state index in [0.717, 1.165) is 12.0 Å². The minimum atomic E-state index is -0.900. The summed E-state index contributed by atoms with van der Waals surface area (Å²) in [5, 5.41) is 9.04. The predicted molar refractivity (Wildman–Crippen MR) is 114 cm³/mol. The molecular weight excluding hydrogens is 331 g/mol. The van der Waals surface area contributed by atoms with E-state index in [1.807, 2.05) is 18.2 Å². The van der Waals surface area contributed by atoms with Crippen molar-refractivity contribution in [3.05, 3.63) is 59.7 Å². The van der Waals surface area contributed by atoms with E-state index < -0.39 is 5.97 Å². The quantitative estimate of drug-likeness (QED) is 0.208. The van der Waals surface area contributed by atoms with Crippen LogP contribution in [-0.4, -0.2) is 36.0 Å². The molecule has 1 aliphatic rings. The monoisotopic (exact) mass is 364 g/mol. The van der Waals surface area contributed by atoms with Crippen molar-refractivity contribution in [2.75, 3.05) is 0 Å². The van der Waals surface area contributed by atoms with Gasteiger partial charge in [0.2, 0.25) is 0 Å². The fourth-order valence-electron chi connectivity index (χ4n) is 3.13. The zero-order chi connectivity index (χ0) is 18.6. The van der Waals surface area contributed by atoms with Crippen molar-refractivity contribution in [2.24, 2.45) is 0 Å². The third kappa shape index (κ3) is 9.47. The van der Waals surface area contributed by atoms with Crippen LogP contribution in [0.5, 0.6) is 0 Å². The van der Waals surface area contributed by atoms with Crippen molar-refractivity contribution < 1.29 is 14.6 Å². The van der Waals surface area contributed by atoms with Crippen LogP contribution >= 0.6 is 0 Å². The van der Waals surface area contributed by atoms with Gasteiger partial charge in [-0.25, -0.2) is 4.79 Å². The van der Waals surface area contributed by atoms with E-state index in [4.69, 9.17) is 9.84 Å². The molecule has 1 aromatic rings. The van der Waals surface area contributed by atoms with Crippen LogP contribution in [0.3, 0.4) is 0 Å². The van der Waals surface area contributed by atoms with Gasteiger partial charge in [-0.15, -0.1) is 0 Å². The summed E-state index contributed by atoms with van der Waals surface area (Å²) in [7, 11) is 0. The number of epoxide rings is 1. The maximum atomic E-state index is 11.0. The molecule has 4 heteroatoms. The van der Waals surface area contributed by atoms with Crippen LogP contribution < -0.4 is 0 Å². The van der Waals surface area contributed by atoms with Crippen molar-refractivity contribution in [1.82, 2.24) is 0 Å². The van der Waals surface area contributed by atoms with Crippen LogP contribution in [0.4, 0.5) is 0 Å². The van der Waals surface area contributed by atoms with Gasteiger partial charge in [-0.05, 0) is 30.5 Å². The molecule has 0 radical (unpaired) electrons. The summed E-state index contributed by atoms with van der Waals surface area (Å²) in [5.41, 5.74) is 1.24. The average molecular weight is 364 g/mol. The van der Waals surface area contributed by atoms with Gasteiger partial charge in [0.15, 0.2) is 0 Å². The average Bonchev–Trinajstić information content (AvgIpc) is 3.42. The molecule has 2 unspecified atom stereocenters. The molecule has 0 bridgehead atoms. The third-order valence-electron chi connectivity index (χ3n) is 4.76. The predicted octanol–water partition coefficient (Wildman–Crippen LogP) is 5.82. The SMILES string of the molecule is CCCCCCCCCC/C=C/C=C/C1OC1c1cccc(C(=O)O)c1.[LiH]. The summed E-state index contributed by atoms with van der Waals surface area (Å²) in [6.07, 6.45) is 20.4.